The molecule has 0 aliphatic heterocycles. The van der Waals surface area contributed by atoms with Crippen LogP contribution in [0, 0.1) is 17.8 Å². The Morgan fingerprint density at radius 2 is 2.10 bits per heavy atom. The van der Waals surface area contributed by atoms with Gasteiger partial charge in [-0.05, 0) is 55.2 Å². The number of fused-ring (bicyclic) bond motifs is 2. The van der Waals surface area contributed by atoms with E-state index >= 15 is 0 Å². The minimum Gasteiger partial charge on any atom is -0.326 e. The summed E-state index contributed by atoms with van der Waals surface area (Å²) < 4.78 is 22.6. The molecule has 0 heterocycles. The largest absolute Gasteiger partial charge is 0.326 e. The first-order valence-electron chi connectivity index (χ1n) is 7.34. The van der Waals surface area contributed by atoms with Crippen molar-refractivity contribution in [2.24, 2.45) is 22.9 Å². The molecule has 0 aromatic heterocycles. The van der Waals surface area contributed by atoms with Gasteiger partial charge >= 0.3 is 0 Å². The van der Waals surface area contributed by atoms with Gasteiger partial charge in [-0.1, -0.05) is 12.5 Å². The molecule has 2 fully saturated rings. The molecule has 2 saturated carbocycles. The van der Waals surface area contributed by atoms with E-state index in [0.717, 1.165) is 12.3 Å². The van der Waals surface area contributed by atoms with Crippen LogP contribution in [0.4, 0.5) is 5.69 Å². The Balaban J connectivity index is 1.62. The van der Waals surface area contributed by atoms with E-state index in [9.17, 15) is 13.2 Å². The maximum atomic E-state index is 12.1. The molecule has 1 aromatic rings. The van der Waals surface area contributed by atoms with Gasteiger partial charge in [0.2, 0.25) is 15.9 Å². The van der Waals surface area contributed by atoms with Crippen molar-refractivity contribution in [2.45, 2.75) is 37.0 Å². The van der Waals surface area contributed by atoms with Gasteiger partial charge in [-0.3, -0.25) is 4.79 Å². The van der Waals surface area contributed by atoms with Crippen molar-refractivity contribution in [3.05, 3.63) is 24.3 Å². The number of hydrogen-bond donors (Lipinski definition) is 2. The van der Waals surface area contributed by atoms with Crippen molar-refractivity contribution in [1.29, 1.82) is 0 Å². The van der Waals surface area contributed by atoms with E-state index in [2.05, 4.69) is 5.32 Å². The molecule has 3 atom stereocenters. The molecule has 0 radical (unpaired) electrons. The summed E-state index contributed by atoms with van der Waals surface area (Å²) in [4.78, 5) is 12.1. The summed E-state index contributed by atoms with van der Waals surface area (Å²) in [5, 5.41) is 7.87. The highest BCUT2D eigenvalue weighted by molar-refractivity contribution is 7.89. The molecule has 1 amide bonds. The highest BCUT2D eigenvalue weighted by Gasteiger charge is 2.40. The van der Waals surface area contributed by atoms with Crippen molar-refractivity contribution in [2.75, 3.05) is 5.32 Å². The predicted octanol–water partition coefficient (Wildman–Crippen LogP) is 2.10. The van der Waals surface area contributed by atoms with Crippen LogP contribution in [0.25, 0.3) is 0 Å². The quantitative estimate of drug-likeness (QED) is 0.892. The van der Waals surface area contributed by atoms with E-state index in [1.165, 1.54) is 31.4 Å². The highest BCUT2D eigenvalue weighted by atomic mass is 32.2. The zero-order chi connectivity index (χ0) is 15.0. The number of benzene rings is 1. The fourth-order valence-corrected chi connectivity index (χ4v) is 4.39. The Morgan fingerprint density at radius 1 is 1.29 bits per heavy atom. The van der Waals surface area contributed by atoms with Gasteiger partial charge in [0.25, 0.3) is 0 Å². The van der Waals surface area contributed by atoms with Crippen molar-refractivity contribution in [3.63, 3.8) is 0 Å². The standard InChI is InChI=1S/C15H20N2O3S/c16-21(19,20)14-3-1-2-13(9-14)17-15(18)8-12-7-10-4-5-11(12)6-10/h1-3,9-12H,4-8H2,(H,17,18)(H2,16,19,20). The molecule has 3 N–H and O–H groups in total. The first-order valence-corrected chi connectivity index (χ1v) is 8.89. The maximum Gasteiger partial charge on any atom is 0.238 e. The third kappa shape index (κ3) is 3.27. The van der Waals surface area contributed by atoms with Crippen LogP contribution in [0.15, 0.2) is 29.2 Å². The number of nitrogens with one attached hydrogen (secondary N) is 1. The average Bonchev–Trinajstić information content (AvgIpc) is 3.00. The van der Waals surface area contributed by atoms with Gasteiger partial charge in [0.05, 0.1) is 4.90 Å². The maximum absolute atomic E-state index is 12.1. The van der Waals surface area contributed by atoms with Crippen molar-refractivity contribution in [3.8, 4) is 0 Å². The monoisotopic (exact) mass is 308 g/mol. The van der Waals surface area contributed by atoms with E-state index in [1.54, 1.807) is 12.1 Å². The summed E-state index contributed by atoms with van der Waals surface area (Å²) in [5.41, 5.74) is 0.481. The summed E-state index contributed by atoms with van der Waals surface area (Å²) in [7, 11) is -3.74. The van der Waals surface area contributed by atoms with Crippen molar-refractivity contribution in [1.82, 2.24) is 0 Å². The summed E-state index contributed by atoms with van der Waals surface area (Å²) in [6, 6.07) is 6.06. The second-order valence-electron chi connectivity index (χ2n) is 6.26. The van der Waals surface area contributed by atoms with Gasteiger partial charge in [0, 0.05) is 12.1 Å². The zero-order valence-electron chi connectivity index (χ0n) is 11.8. The molecule has 5 nitrogen and oxygen atoms in total. The van der Waals surface area contributed by atoms with E-state index < -0.39 is 10.0 Å². The van der Waals surface area contributed by atoms with E-state index in [4.69, 9.17) is 5.14 Å². The Bertz CT molecular complexity index is 657. The lowest BCUT2D eigenvalue weighted by atomic mass is 9.86. The van der Waals surface area contributed by atoms with Gasteiger partial charge in [-0.25, -0.2) is 13.6 Å². The van der Waals surface area contributed by atoms with Crippen LogP contribution in [0.2, 0.25) is 0 Å². The predicted molar refractivity (Wildman–Crippen MR) is 80.0 cm³/mol. The Hall–Kier alpha value is -1.40. The first kappa shape index (κ1) is 14.5. The van der Waals surface area contributed by atoms with Gasteiger partial charge in [0.1, 0.15) is 0 Å². The van der Waals surface area contributed by atoms with Crippen LogP contribution < -0.4 is 10.5 Å². The van der Waals surface area contributed by atoms with Gasteiger partial charge in [0.15, 0.2) is 0 Å². The third-order valence-corrected chi connectivity index (χ3v) is 5.69. The number of hydrogen-bond acceptors (Lipinski definition) is 3. The van der Waals surface area contributed by atoms with Crippen molar-refractivity contribution < 1.29 is 13.2 Å². The number of rotatable bonds is 4. The Labute approximate surface area is 125 Å². The number of carbonyl (C=O) groups is 1. The van der Waals surface area contributed by atoms with E-state index in [0.29, 0.717) is 23.9 Å². The molecule has 2 bridgehead atoms. The van der Waals surface area contributed by atoms with Crippen molar-refractivity contribution >= 4 is 21.6 Å². The van der Waals surface area contributed by atoms with Crippen LogP contribution in [0.3, 0.4) is 0 Å². The minimum absolute atomic E-state index is 0.0141. The van der Waals surface area contributed by atoms with Crippen LogP contribution >= 0.6 is 0 Å². The lowest BCUT2D eigenvalue weighted by Crippen LogP contribution is -2.20. The molecule has 3 rings (SSSR count). The molecule has 1 aromatic carbocycles. The lowest BCUT2D eigenvalue weighted by molar-refractivity contribution is -0.117. The summed E-state index contributed by atoms with van der Waals surface area (Å²) in [6.45, 7) is 0. The van der Waals surface area contributed by atoms with E-state index in [1.807, 2.05) is 0 Å². The Kier molecular flexibility index (Phi) is 3.75. The molecule has 0 spiro atoms. The average molecular weight is 308 g/mol. The summed E-state index contributed by atoms with van der Waals surface area (Å²) >= 11 is 0. The number of anilines is 1. The zero-order valence-corrected chi connectivity index (χ0v) is 12.6. The fourth-order valence-electron chi connectivity index (χ4n) is 3.83. The summed E-state index contributed by atoms with van der Waals surface area (Å²) in [5.74, 6) is 1.97. The topological polar surface area (TPSA) is 89.3 Å². The van der Waals surface area contributed by atoms with Crippen LogP contribution in [-0.4, -0.2) is 14.3 Å². The Morgan fingerprint density at radius 3 is 2.71 bits per heavy atom. The smallest absolute Gasteiger partial charge is 0.238 e. The van der Waals surface area contributed by atoms with E-state index in [-0.39, 0.29) is 10.8 Å². The molecule has 6 heteroatoms. The number of nitrogens with two attached hydrogens (primary N) is 1. The minimum atomic E-state index is -3.74. The number of amides is 1. The second kappa shape index (κ2) is 5.42. The SMILES string of the molecule is NS(=O)(=O)c1cccc(NC(=O)CC2CC3CCC2C3)c1. The number of sulfonamides is 1. The fraction of sp³-hybridized carbons (Fsp3) is 0.533. The molecule has 0 saturated heterocycles. The molecule has 21 heavy (non-hydrogen) atoms. The van der Waals surface area contributed by atoms with Crippen LogP contribution in [0.1, 0.15) is 32.1 Å². The molecular weight excluding hydrogens is 288 g/mol. The van der Waals surface area contributed by atoms with Gasteiger partial charge in [-0.15, -0.1) is 0 Å². The second-order valence-corrected chi connectivity index (χ2v) is 7.82. The number of primary sulfonamides is 1. The normalized spacial score (nSPS) is 27.8. The molecule has 2 aliphatic rings. The van der Waals surface area contributed by atoms with Gasteiger partial charge < -0.3 is 5.32 Å². The lowest BCUT2D eigenvalue weighted by Gasteiger charge is -2.20. The molecule has 2 aliphatic carbocycles. The molecule has 3 unspecified atom stereocenters. The molecule has 114 valence electrons. The first-order chi connectivity index (χ1) is 9.91. The highest BCUT2D eigenvalue weighted by Crippen LogP contribution is 2.49. The number of carbonyl (C=O) groups excluding carboxylic acids is 1. The van der Waals surface area contributed by atoms with Crippen LogP contribution in [0.5, 0.6) is 0 Å². The summed E-state index contributed by atoms with van der Waals surface area (Å²) in [6.07, 6.45) is 5.54. The third-order valence-electron chi connectivity index (χ3n) is 4.78. The molecular formula is C15H20N2O3S. The van der Waals surface area contributed by atoms with Crippen LogP contribution in [-0.2, 0) is 14.8 Å². The van der Waals surface area contributed by atoms with Gasteiger partial charge in [-0.2, -0.15) is 0 Å².